The van der Waals surface area contributed by atoms with E-state index in [1.165, 1.54) is 0 Å². The van der Waals surface area contributed by atoms with Gasteiger partial charge in [0.05, 0.1) is 12.1 Å². The van der Waals surface area contributed by atoms with Crippen molar-refractivity contribution in [2.75, 3.05) is 19.8 Å². The Hall–Kier alpha value is -1.76. The van der Waals surface area contributed by atoms with Gasteiger partial charge in [-0.25, -0.2) is 0 Å². The molecule has 1 spiro atoms. The lowest BCUT2D eigenvalue weighted by Gasteiger charge is -2.43. The fourth-order valence-electron chi connectivity index (χ4n) is 3.55. The predicted molar refractivity (Wildman–Crippen MR) is 88.3 cm³/mol. The molecule has 1 N–H and O–H groups in total. The molecule has 2 aliphatic heterocycles. The second-order valence-corrected chi connectivity index (χ2v) is 6.58. The maximum absolute atomic E-state index is 6.08. The van der Waals surface area contributed by atoms with Crippen LogP contribution in [0.4, 0.5) is 0 Å². The van der Waals surface area contributed by atoms with Crippen LogP contribution >= 0.6 is 0 Å². The molecule has 0 bridgehead atoms. The molecule has 0 amide bonds. The Morgan fingerprint density at radius 1 is 1.08 bits per heavy atom. The number of benzene rings is 1. The smallest absolute Gasteiger partial charge is 0.247 e. The van der Waals surface area contributed by atoms with E-state index in [9.17, 15) is 0 Å². The normalized spacial score (nSPS) is 23.4. The van der Waals surface area contributed by atoms with Crippen LogP contribution in [-0.2, 0) is 16.0 Å². The molecule has 2 aliphatic rings. The summed E-state index contributed by atoms with van der Waals surface area (Å²) in [6.07, 6.45) is 4.02. The molecule has 1 aromatic carbocycles. The van der Waals surface area contributed by atoms with Gasteiger partial charge in [-0.05, 0) is 37.8 Å². The number of nitrogens with zero attached hydrogens (tertiary/aromatic N) is 2. The third-order valence-electron chi connectivity index (χ3n) is 4.93. The van der Waals surface area contributed by atoms with Crippen molar-refractivity contribution >= 4 is 0 Å². The standard InChI is InChI=1S/C18H23N3O3/c1-2-4-14(5-3-1)17-21-20-16(24-17)13-19-15-6-9-23-18(12-15)7-10-22-11-8-18/h1-5,15,19H,6-13H2/t15-/m0/s1. The van der Waals surface area contributed by atoms with Crippen molar-refractivity contribution in [2.24, 2.45) is 0 Å². The number of aromatic nitrogens is 2. The van der Waals surface area contributed by atoms with E-state index in [2.05, 4.69) is 15.5 Å². The topological polar surface area (TPSA) is 69.4 Å². The van der Waals surface area contributed by atoms with E-state index >= 15 is 0 Å². The van der Waals surface area contributed by atoms with Crippen LogP contribution in [0.2, 0.25) is 0 Å². The van der Waals surface area contributed by atoms with Gasteiger partial charge in [0, 0.05) is 31.4 Å². The van der Waals surface area contributed by atoms with Crippen molar-refractivity contribution in [3.05, 3.63) is 36.2 Å². The first kappa shape index (κ1) is 15.7. The van der Waals surface area contributed by atoms with Gasteiger partial charge < -0.3 is 19.2 Å². The highest BCUT2D eigenvalue weighted by Gasteiger charge is 2.38. The summed E-state index contributed by atoms with van der Waals surface area (Å²) in [4.78, 5) is 0. The first-order valence-corrected chi connectivity index (χ1v) is 8.66. The zero-order valence-corrected chi connectivity index (χ0v) is 13.7. The zero-order chi connectivity index (χ0) is 16.2. The number of hydrogen-bond acceptors (Lipinski definition) is 6. The highest BCUT2D eigenvalue weighted by atomic mass is 16.5. The Balaban J connectivity index is 1.34. The van der Waals surface area contributed by atoms with E-state index in [0.29, 0.717) is 24.4 Å². The van der Waals surface area contributed by atoms with Gasteiger partial charge in [0.1, 0.15) is 0 Å². The first-order chi connectivity index (χ1) is 11.8. The molecule has 6 nitrogen and oxygen atoms in total. The van der Waals surface area contributed by atoms with E-state index in [1.54, 1.807) is 0 Å². The third kappa shape index (κ3) is 3.50. The molecule has 1 aromatic heterocycles. The van der Waals surface area contributed by atoms with Crippen molar-refractivity contribution in [3.63, 3.8) is 0 Å². The first-order valence-electron chi connectivity index (χ1n) is 8.66. The SMILES string of the molecule is c1ccc(-c2nnc(CN[C@H]3CCOC4(CCOCC4)C3)o2)cc1. The summed E-state index contributed by atoms with van der Waals surface area (Å²) >= 11 is 0. The molecule has 0 saturated carbocycles. The summed E-state index contributed by atoms with van der Waals surface area (Å²) in [5, 5.41) is 11.8. The van der Waals surface area contributed by atoms with Crippen LogP contribution in [0.15, 0.2) is 34.7 Å². The molecule has 2 fully saturated rings. The average molecular weight is 329 g/mol. The van der Waals surface area contributed by atoms with Crippen molar-refractivity contribution in [3.8, 4) is 11.5 Å². The van der Waals surface area contributed by atoms with Crippen LogP contribution in [0.1, 0.15) is 31.6 Å². The van der Waals surface area contributed by atoms with Crippen molar-refractivity contribution in [2.45, 2.75) is 43.9 Å². The molecule has 4 rings (SSSR count). The second kappa shape index (κ2) is 7.01. The van der Waals surface area contributed by atoms with Gasteiger partial charge in [0.2, 0.25) is 11.8 Å². The molecule has 24 heavy (non-hydrogen) atoms. The van der Waals surface area contributed by atoms with E-state index in [1.807, 2.05) is 30.3 Å². The molecular formula is C18H23N3O3. The minimum absolute atomic E-state index is 0.00178. The van der Waals surface area contributed by atoms with Crippen molar-refractivity contribution < 1.29 is 13.9 Å². The number of nitrogens with one attached hydrogen (secondary N) is 1. The highest BCUT2D eigenvalue weighted by molar-refractivity contribution is 5.51. The van der Waals surface area contributed by atoms with Crippen LogP contribution in [-0.4, -0.2) is 41.7 Å². The van der Waals surface area contributed by atoms with Crippen molar-refractivity contribution in [1.82, 2.24) is 15.5 Å². The van der Waals surface area contributed by atoms with E-state index in [-0.39, 0.29) is 5.60 Å². The Morgan fingerprint density at radius 2 is 1.92 bits per heavy atom. The third-order valence-corrected chi connectivity index (χ3v) is 4.93. The fraction of sp³-hybridized carbons (Fsp3) is 0.556. The fourth-order valence-corrected chi connectivity index (χ4v) is 3.55. The summed E-state index contributed by atoms with van der Waals surface area (Å²) in [5.74, 6) is 1.20. The van der Waals surface area contributed by atoms with Gasteiger partial charge in [0.15, 0.2) is 0 Å². The summed E-state index contributed by atoms with van der Waals surface area (Å²) in [7, 11) is 0. The predicted octanol–water partition coefficient (Wildman–Crippen LogP) is 2.55. The van der Waals surface area contributed by atoms with Crippen LogP contribution in [0.25, 0.3) is 11.5 Å². The lowest BCUT2D eigenvalue weighted by molar-refractivity contribution is -0.140. The van der Waals surface area contributed by atoms with Crippen LogP contribution in [0.3, 0.4) is 0 Å². The Kier molecular flexibility index (Phi) is 4.60. The number of rotatable bonds is 4. The van der Waals surface area contributed by atoms with Crippen LogP contribution < -0.4 is 5.32 Å². The lowest BCUT2D eigenvalue weighted by Crippen LogP contribution is -2.49. The molecule has 1 atom stereocenters. The average Bonchev–Trinajstić information content (AvgIpc) is 3.11. The van der Waals surface area contributed by atoms with Gasteiger partial charge in [0.25, 0.3) is 0 Å². The Morgan fingerprint density at radius 3 is 2.75 bits per heavy atom. The molecule has 0 aliphatic carbocycles. The quantitative estimate of drug-likeness (QED) is 0.930. The van der Waals surface area contributed by atoms with E-state index in [0.717, 1.165) is 51.1 Å². The van der Waals surface area contributed by atoms with Crippen LogP contribution in [0.5, 0.6) is 0 Å². The van der Waals surface area contributed by atoms with Gasteiger partial charge in [-0.3, -0.25) is 0 Å². The number of ether oxygens (including phenoxy) is 2. The summed E-state index contributed by atoms with van der Waals surface area (Å²) in [5.41, 5.74) is 0.946. The zero-order valence-electron chi connectivity index (χ0n) is 13.7. The second-order valence-electron chi connectivity index (χ2n) is 6.58. The van der Waals surface area contributed by atoms with Gasteiger partial charge in [-0.1, -0.05) is 18.2 Å². The van der Waals surface area contributed by atoms with Gasteiger partial charge in [-0.2, -0.15) is 0 Å². The summed E-state index contributed by atoms with van der Waals surface area (Å²) in [6, 6.07) is 10.3. The Labute approximate surface area is 141 Å². The highest BCUT2D eigenvalue weighted by Crippen LogP contribution is 2.34. The van der Waals surface area contributed by atoms with Gasteiger partial charge >= 0.3 is 0 Å². The monoisotopic (exact) mass is 329 g/mol. The molecule has 0 radical (unpaired) electrons. The number of hydrogen-bond donors (Lipinski definition) is 1. The van der Waals surface area contributed by atoms with Crippen LogP contribution in [0, 0.1) is 0 Å². The lowest BCUT2D eigenvalue weighted by atomic mass is 9.84. The van der Waals surface area contributed by atoms with E-state index < -0.39 is 0 Å². The minimum atomic E-state index is -0.00178. The Bertz CT molecular complexity index is 647. The van der Waals surface area contributed by atoms with Gasteiger partial charge in [-0.15, -0.1) is 10.2 Å². The molecule has 2 aromatic rings. The molecule has 2 saturated heterocycles. The molecular weight excluding hydrogens is 306 g/mol. The largest absolute Gasteiger partial charge is 0.419 e. The molecule has 3 heterocycles. The summed E-state index contributed by atoms with van der Waals surface area (Å²) < 4.78 is 17.3. The maximum Gasteiger partial charge on any atom is 0.247 e. The molecule has 0 unspecified atom stereocenters. The van der Waals surface area contributed by atoms with E-state index in [4.69, 9.17) is 13.9 Å². The molecule has 6 heteroatoms. The van der Waals surface area contributed by atoms with Crippen molar-refractivity contribution in [1.29, 1.82) is 0 Å². The summed E-state index contributed by atoms with van der Waals surface area (Å²) in [6.45, 7) is 3.00. The molecule has 128 valence electrons. The minimum Gasteiger partial charge on any atom is -0.419 e. The maximum atomic E-state index is 6.08.